The lowest BCUT2D eigenvalue weighted by atomic mass is 10.2. The molecule has 0 amide bonds. The predicted octanol–water partition coefficient (Wildman–Crippen LogP) is 3.72. The minimum atomic E-state index is 0.601. The van der Waals surface area contributed by atoms with Gasteiger partial charge in [0.1, 0.15) is 12.4 Å². The van der Waals surface area contributed by atoms with Gasteiger partial charge in [-0.25, -0.2) is 0 Å². The molecule has 112 valence electrons. The second kappa shape index (κ2) is 8.32. The summed E-state index contributed by atoms with van der Waals surface area (Å²) in [5, 5.41) is 3.38. The van der Waals surface area contributed by atoms with Crippen LogP contribution in [0.15, 0.2) is 48.5 Å². The zero-order chi connectivity index (χ0) is 14.9. The molecule has 2 rings (SSSR count). The van der Waals surface area contributed by atoms with Gasteiger partial charge in [0.25, 0.3) is 0 Å². The highest BCUT2D eigenvalue weighted by atomic mass is 16.5. The summed E-state index contributed by atoms with van der Waals surface area (Å²) in [4.78, 5) is 0. The molecule has 0 unspecified atom stereocenters. The highest BCUT2D eigenvalue weighted by Crippen LogP contribution is 2.17. The summed E-state index contributed by atoms with van der Waals surface area (Å²) in [6, 6.07) is 16.5. The molecule has 2 aromatic carbocycles. The normalized spacial score (nSPS) is 10.4. The summed E-state index contributed by atoms with van der Waals surface area (Å²) in [7, 11) is 0. The van der Waals surface area contributed by atoms with Crippen molar-refractivity contribution in [2.24, 2.45) is 5.73 Å². The Balaban J connectivity index is 1.78. The van der Waals surface area contributed by atoms with Crippen LogP contribution in [0.3, 0.4) is 0 Å². The molecule has 21 heavy (non-hydrogen) atoms. The molecule has 0 fully saturated rings. The maximum absolute atomic E-state index is 5.79. The van der Waals surface area contributed by atoms with Crippen LogP contribution in [0.5, 0.6) is 5.75 Å². The van der Waals surface area contributed by atoms with E-state index in [0.717, 1.165) is 37.4 Å². The minimum absolute atomic E-state index is 0.601. The van der Waals surface area contributed by atoms with Gasteiger partial charge in [-0.05, 0) is 56.1 Å². The van der Waals surface area contributed by atoms with Gasteiger partial charge in [0.05, 0.1) is 0 Å². The summed E-state index contributed by atoms with van der Waals surface area (Å²) in [5.74, 6) is 0.892. The summed E-state index contributed by atoms with van der Waals surface area (Å²) in [6.45, 7) is 4.40. The Hall–Kier alpha value is -2.00. The second-order valence-corrected chi connectivity index (χ2v) is 5.22. The minimum Gasteiger partial charge on any atom is -0.489 e. The van der Waals surface area contributed by atoms with Crippen molar-refractivity contribution in [3.05, 3.63) is 59.7 Å². The molecule has 0 bridgehead atoms. The predicted molar refractivity (Wildman–Crippen MR) is 88.7 cm³/mol. The van der Waals surface area contributed by atoms with Gasteiger partial charge in [-0.15, -0.1) is 0 Å². The number of rotatable bonds is 8. The Morgan fingerprint density at radius 2 is 1.67 bits per heavy atom. The Morgan fingerprint density at radius 3 is 2.33 bits per heavy atom. The van der Waals surface area contributed by atoms with Crippen molar-refractivity contribution in [3.63, 3.8) is 0 Å². The lowest BCUT2D eigenvalue weighted by Crippen LogP contribution is -2.05. The van der Waals surface area contributed by atoms with E-state index < -0.39 is 0 Å². The molecule has 3 nitrogen and oxygen atoms in total. The Morgan fingerprint density at radius 1 is 0.952 bits per heavy atom. The number of benzene rings is 2. The van der Waals surface area contributed by atoms with Gasteiger partial charge in [-0.3, -0.25) is 0 Å². The van der Waals surface area contributed by atoms with Crippen LogP contribution < -0.4 is 15.8 Å². The molecule has 0 aromatic heterocycles. The second-order valence-electron chi connectivity index (χ2n) is 5.22. The van der Waals surface area contributed by atoms with E-state index in [2.05, 4.69) is 36.5 Å². The van der Waals surface area contributed by atoms with E-state index in [1.165, 1.54) is 11.1 Å². The molecular weight excluding hydrogens is 260 g/mol. The van der Waals surface area contributed by atoms with Crippen molar-refractivity contribution < 1.29 is 4.74 Å². The van der Waals surface area contributed by atoms with Crippen LogP contribution >= 0.6 is 0 Å². The van der Waals surface area contributed by atoms with Crippen LogP contribution in [0.25, 0.3) is 0 Å². The Kier molecular flexibility index (Phi) is 6.10. The molecule has 3 N–H and O–H groups in total. The zero-order valence-electron chi connectivity index (χ0n) is 12.6. The highest BCUT2D eigenvalue weighted by molar-refractivity contribution is 5.46. The van der Waals surface area contributed by atoms with E-state index in [-0.39, 0.29) is 0 Å². The number of aryl methyl sites for hydroxylation is 1. The van der Waals surface area contributed by atoms with Crippen LogP contribution in [-0.4, -0.2) is 13.1 Å². The van der Waals surface area contributed by atoms with E-state index in [4.69, 9.17) is 10.5 Å². The van der Waals surface area contributed by atoms with Crippen LogP contribution in [-0.2, 0) is 6.61 Å². The maximum Gasteiger partial charge on any atom is 0.119 e. The van der Waals surface area contributed by atoms with Gasteiger partial charge >= 0.3 is 0 Å². The zero-order valence-corrected chi connectivity index (χ0v) is 12.6. The van der Waals surface area contributed by atoms with Crippen molar-refractivity contribution in [3.8, 4) is 5.75 Å². The fourth-order valence-electron chi connectivity index (χ4n) is 2.02. The van der Waals surface area contributed by atoms with E-state index in [1.54, 1.807) is 0 Å². The van der Waals surface area contributed by atoms with Gasteiger partial charge in [-0.1, -0.05) is 29.8 Å². The SMILES string of the molecule is Cc1ccc(COc2ccc(NCCCCN)cc2)cc1. The average molecular weight is 284 g/mol. The van der Waals surface area contributed by atoms with E-state index in [0.29, 0.717) is 6.61 Å². The quantitative estimate of drug-likeness (QED) is 0.726. The average Bonchev–Trinajstić information content (AvgIpc) is 2.52. The topological polar surface area (TPSA) is 47.3 Å². The molecule has 0 atom stereocenters. The third-order valence-electron chi connectivity index (χ3n) is 3.34. The molecule has 0 aliphatic rings. The summed E-state index contributed by atoms with van der Waals surface area (Å²) < 4.78 is 5.79. The van der Waals surface area contributed by atoms with Gasteiger partial charge in [-0.2, -0.15) is 0 Å². The Bertz CT molecular complexity index is 520. The van der Waals surface area contributed by atoms with Crippen LogP contribution in [0.1, 0.15) is 24.0 Å². The van der Waals surface area contributed by atoms with Crippen molar-refractivity contribution in [2.45, 2.75) is 26.4 Å². The summed E-state index contributed by atoms with van der Waals surface area (Å²) in [6.07, 6.45) is 2.16. The molecule has 3 heteroatoms. The Labute approximate surface area is 127 Å². The van der Waals surface area contributed by atoms with E-state index >= 15 is 0 Å². The fourth-order valence-corrected chi connectivity index (χ4v) is 2.02. The van der Waals surface area contributed by atoms with Gasteiger partial charge < -0.3 is 15.8 Å². The molecule has 0 saturated carbocycles. The maximum atomic E-state index is 5.79. The number of hydrogen-bond acceptors (Lipinski definition) is 3. The van der Waals surface area contributed by atoms with Gasteiger partial charge in [0.15, 0.2) is 0 Å². The number of ether oxygens (including phenoxy) is 1. The fraction of sp³-hybridized carbons (Fsp3) is 0.333. The lowest BCUT2D eigenvalue weighted by Gasteiger charge is -2.09. The van der Waals surface area contributed by atoms with Gasteiger partial charge in [0, 0.05) is 12.2 Å². The van der Waals surface area contributed by atoms with Crippen molar-refractivity contribution >= 4 is 5.69 Å². The highest BCUT2D eigenvalue weighted by Gasteiger charge is 1.97. The van der Waals surface area contributed by atoms with E-state index in [1.807, 2.05) is 24.3 Å². The summed E-state index contributed by atoms with van der Waals surface area (Å²) >= 11 is 0. The number of nitrogens with two attached hydrogens (primary N) is 1. The van der Waals surface area contributed by atoms with Crippen LogP contribution in [0, 0.1) is 6.92 Å². The number of unbranched alkanes of at least 4 members (excludes halogenated alkanes) is 1. The smallest absolute Gasteiger partial charge is 0.119 e. The molecule has 0 aliphatic carbocycles. The first-order valence-electron chi connectivity index (χ1n) is 7.50. The third-order valence-corrected chi connectivity index (χ3v) is 3.34. The first-order chi connectivity index (χ1) is 10.3. The number of nitrogens with one attached hydrogen (secondary N) is 1. The number of anilines is 1. The monoisotopic (exact) mass is 284 g/mol. The van der Waals surface area contributed by atoms with Crippen molar-refractivity contribution in [1.82, 2.24) is 0 Å². The third kappa shape index (κ3) is 5.48. The molecule has 2 aromatic rings. The molecule has 0 spiro atoms. The molecular formula is C18H24N2O. The van der Waals surface area contributed by atoms with Crippen LogP contribution in [0.4, 0.5) is 5.69 Å². The van der Waals surface area contributed by atoms with Gasteiger partial charge in [0.2, 0.25) is 0 Å². The standard InChI is InChI=1S/C18H24N2O/c1-15-4-6-16(7-5-15)14-21-18-10-8-17(9-11-18)20-13-3-2-12-19/h4-11,20H,2-3,12-14,19H2,1H3. The first-order valence-corrected chi connectivity index (χ1v) is 7.50. The van der Waals surface area contributed by atoms with E-state index in [9.17, 15) is 0 Å². The molecule has 0 saturated heterocycles. The first kappa shape index (κ1) is 15.4. The molecule has 0 radical (unpaired) electrons. The molecule has 0 aliphatic heterocycles. The largest absolute Gasteiger partial charge is 0.489 e. The number of hydrogen-bond donors (Lipinski definition) is 2. The van der Waals surface area contributed by atoms with Crippen LogP contribution in [0.2, 0.25) is 0 Å². The summed E-state index contributed by atoms with van der Waals surface area (Å²) in [5.41, 5.74) is 9.05. The molecule has 0 heterocycles. The van der Waals surface area contributed by atoms with Crippen molar-refractivity contribution in [1.29, 1.82) is 0 Å². The van der Waals surface area contributed by atoms with Crippen molar-refractivity contribution in [2.75, 3.05) is 18.4 Å². The lowest BCUT2D eigenvalue weighted by molar-refractivity contribution is 0.306.